The second-order valence-corrected chi connectivity index (χ2v) is 5.38. The van der Waals surface area contributed by atoms with Crippen molar-refractivity contribution in [2.24, 2.45) is 5.92 Å². The van der Waals surface area contributed by atoms with E-state index in [4.69, 9.17) is 26.2 Å². The number of nitrogens with one attached hydrogen (secondary N) is 1. The molecule has 0 saturated carbocycles. The highest BCUT2D eigenvalue weighted by atomic mass is 35.5. The van der Waals surface area contributed by atoms with Crippen LogP contribution in [0.1, 0.15) is 18.1 Å². The fraction of sp³-hybridized carbons (Fsp3) is 0.500. The zero-order valence-electron chi connectivity index (χ0n) is 11.5. The Morgan fingerprint density at radius 2 is 2.10 bits per heavy atom. The molecule has 1 fully saturated rings. The third kappa shape index (κ3) is 3.85. The van der Waals surface area contributed by atoms with Crippen molar-refractivity contribution < 1.29 is 19.4 Å². The van der Waals surface area contributed by atoms with Gasteiger partial charge in [-0.05, 0) is 43.5 Å². The standard InChI is InChI=1S/C14H18ClNO4/c1-8-11(3-10-6-19-9(2)20-7-10)4-12(5-13(8)15)16-14(17)18/h4-5,9-10,16H,3,6-7H2,1-2H3,(H,17,18). The van der Waals surface area contributed by atoms with Gasteiger partial charge in [0, 0.05) is 16.6 Å². The molecule has 20 heavy (non-hydrogen) atoms. The Bertz CT molecular complexity index is 498. The van der Waals surface area contributed by atoms with Crippen LogP contribution >= 0.6 is 11.6 Å². The van der Waals surface area contributed by atoms with Crippen molar-refractivity contribution in [3.63, 3.8) is 0 Å². The van der Waals surface area contributed by atoms with E-state index in [0.717, 1.165) is 17.5 Å². The highest BCUT2D eigenvalue weighted by molar-refractivity contribution is 6.31. The van der Waals surface area contributed by atoms with Gasteiger partial charge in [0.1, 0.15) is 0 Å². The molecule has 1 aromatic carbocycles. The van der Waals surface area contributed by atoms with Crippen molar-refractivity contribution in [2.75, 3.05) is 18.5 Å². The molecule has 1 amide bonds. The van der Waals surface area contributed by atoms with Gasteiger partial charge in [-0.2, -0.15) is 0 Å². The highest BCUT2D eigenvalue weighted by Crippen LogP contribution is 2.27. The van der Waals surface area contributed by atoms with Crippen LogP contribution in [-0.2, 0) is 15.9 Å². The lowest BCUT2D eigenvalue weighted by Crippen LogP contribution is -2.31. The predicted octanol–water partition coefficient (Wildman–Crippen LogP) is 3.29. The number of carbonyl (C=O) groups is 1. The molecule has 0 aromatic heterocycles. The predicted molar refractivity (Wildman–Crippen MR) is 76.4 cm³/mol. The van der Waals surface area contributed by atoms with Gasteiger partial charge in [-0.15, -0.1) is 0 Å². The van der Waals surface area contributed by atoms with E-state index in [1.165, 1.54) is 0 Å². The molecular formula is C14H18ClNO4. The van der Waals surface area contributed by atoms with Gasteiger partial charge in [0.15, 0.2) is 6.29 Å². The molecule has 2 rings (SSSR count). The fourth-order valence-corrected chi connectivity index (χ4v) is 2.45. The molecule has 0 atom stereocenters. The molecule has 1 heterocycles. The number of anilines is 1. The number of carboxylic acid groups (broad SMARTS) is 1. The second-order valence-electron chi connectivity index (χ2n) is 4.98. The van der Waals surface area contributed by atoms with Crippen molar-refractivity contribution in [1.29, 1.82) is 0 Å². The van der Waals surface area contributed by atoms with Crippen molar-refractivity contribution in [2.45, 2.75) is 26.6 Å². The normalized spacial score (nSPS) is 22.6. The number of ether oxygens (including phenoxy) is 2. The summed E-state index contributed by atoms with van der Waals surface area (Å²) in [5, 5.41) is 11.7. The Kier molecular flexibility index (Phi) is 4.86. The maximum atomic E-state index is 10.7. The van der Waals surface area contributed by atoms with Gasteiger partial charge in [0.05, 0.1) is 13.2 Å². The fourth-order valence-electron chi connectivity index (χ4n) is 2.21. The Balaban J connectivity index is 2.13. The summed E-state index contributed by atoms with van der Waals surface area (Å²) >= 11 is 6.15. The molecule has 0 unspecified atom stereocenters. The maximum Gasteiger partial charge on any atom is 0.409 e. The quantitative estimate of drug-likeness (QED) is 0.898. The van der Waals surface area contributed by atoms with E-state index in [-0.39, 0.29) is 12.2 Å². The smallest absolute Gasteiger partial charge is 0.409 e. The molecular weight excluding hydrogens is 282 g/mol. The summed E-state index contributed by atoms with van der Waals surface area (Å²) in [6, 6.07) is 3.43. The van der Waals surface area contributed by atoms with Gasteiger partial charge >= 0.3 is 6.09 Å². The lowest BCUT2D eigenvalue weighted by atomic mass is 9.96. The van der Waals surface area contributed by atoms with Gasteiger partial charge in [-0.1, -0.05) is 11.6 Å². The first-order valence-corrected chi connectivity index (χ1v) is 6.85. The molecule has 1 saturated heterocycles. The van der Waals surface area contributed by atoms with Crippen molar-refractivity contribution in [3.05, 3.63) is 28.3 Å². The second kappa shape index (κ2) is 6.43. The van der Waals surface area contributed by atoms with Gasteiger partial charge in [-0.3, -0.25) is 5.32 Å². The molecule has 0 radical (unpaired) electrons. The van der Waals surface area contributed by atoms with E-state index in [2.05, 4.69) is 5.32 Å². The highest BCUT2D eigenvalue weighted by Gasteiger charge is 2.20. The van der Waals surface area contributed by atoms with E-state index in [9.17, 15) is 4.79 Å². The number of hydrogen-bond acceptors (Lipinski definition) is 3. The minimum absolute atomic E-state index is 0.157. The summed E-state index contributed by atoms with van der Waals surface area (Å²) in [7, 11) is 0. The van der Waals surface area contributed by atoms with Crippen LogP contribution in [-0.4, -0.2) is 30.7 Å². The minimum Gasteiger partial charge on any atom is -0.465 e. The first-order chi connectivity index (χ1) is 9.45. The van der Waals surface area contributed by atoms with E-state index < -0.39 is 6.09 Å². The van der Waals surface area contributed by atoms with E-state index in [1.807, 2.05) is 19.9 Å². The first-order valence-electron chi connectivity index (χ1n) is 6.48. The number of hydrogen-bond donors (Lipinski definition) is 2. The van der Waals surface area contributed by atoms with E-state index in [1.54, 1.807) is 6.07 Å². The lowest BCUT2D eigenvalue weighted by molar-refractivity contribution is -0.189. The zero-order valence-corrected chi connectivity index (χ0v) is 12.2. The van der Waals surface area contributed by atoms with Crippen molar-refractivity contribution >= 4 is 23.4 Å². The average Bonchev–Trinajstić information content (AvgIpc) is 2.37. The van der Waals surface area contributed by atoms with Gasteiger partial charge in [-0.25, -0.2) is 4.79 Å². The van der Waals surface area contributed by atoms with Crippen molar-refractivity contribution in [3.8, 4) is 0 Å². The Morgan fingerprint density at radius 1 is 1.45 bits per heavy atom. The minimum atomic E-state index is -1.10. The molecule has 5 nitrogen and oxygen atoms in total. The third-order valence-corrected chi connectivity index (χ3v) is 3.74. The summed E-state index contributed by atoms with van der Waals surface area (Å²) in [6.07, 6.45) is -0.516. The van der Waals surface area contributed by atoms with Crippen LogP contribution < -0.4 is 5.32 Å². The zero-order chi connectivity index (χ0) is 14.7. The Hall–Kier alpha value is -1.30. The monoisotopic (exact) mass is 299 g/mol. The molecule has 0 bridgehead atoms. The molecule has 1 aliphatic rings. The summed E-state index contributed by atoms with van der Waals surface area (Å²) in [4.78, 5) is 10.7. The van der Waals surface area contributed by atoms with Crippen LogP contribution in [0.3, 0.4) is 0 Å². The Morgan fingerprint density at radius 3 is 2.70 bits per heavy atom. The molecule has 0 aliphatic carbocycles. The van der Waals surface area contributed by atoms with Gasteiger partial charge < -0.3 is 14.6 Å². The van der Waals surface area contributed by atoms with Crippen LogP contribution in [0.4, 0.5) is 10.5 Å². The first kappa shape index (κ1) is 15.1. The van der Waals surface area contributed by atoms with Crippen LogP contribution in [0, 0.1) is 12.8 Å². The largest absolute Gasteiger partial charge is 0.465 e. The molecule has 2 N–H and O–H groups in total. The van der Waals surface area contributed by atoms with Crippen LogP contribution in [0.5, 0.6) is 0 Å². The molecule has 6 heteroatoms. The van der Waals surface area contributed by atoms with Gasteiger partial charge in [0.2, 0.25) is 0 Å². The maximum absolute atomic E-state index is 10.7. The van der Waals surface area contributed by atoms with Crippen LogP contribution in [0.25, 0.3) is 0 Å². The van der Waals surface area contributed by atoms with E-state index in [0.29, 0.717) is 23.9 Å². The third-order valence-electron chi connectivity index (χ3n) is 3.35. The SMILES string of the molecule is Cc1c(Cl)cc(NC(=O)O)cc1CC1COC(C)OC1. The number of benzene rings is 1. The summed E-state index contributed by atoms with van der Waals surface area (Å²) in [5.41, 5.74) is 2.45. The molecule has 1 aromatic rings. The van der Waals surface area contributed by atoms with E-state index >= 15 is 0 Å². The average molecular weight is 300 g/mol. The van der Waals surface area contributed by atoms with Gasteiger partial charge in [0.25, 0.3) is 0 Å². The Labute approximate surface area is 122 Å². The number of amides is 1. The summed E-state index contributed by atoms with van der Waals surface area (Å²) in [5.74, 6) is 0.251. The summed E-state index contributed by atoms with van der Waals surface area (Å²) in [6.45, 7) is 5.06. The number of rotatable bonds is 3. The topological polar surface area (TPSA) is 67.8 Å². The molecule has 0 spiro atoms. The van der Waals surface area contributed by atoms with Crippen LogP contribution in [0.2, 0.25) is 5.02 Å². The summed E-state index contributed by atoms with van der Waals surface area (Å²) < 4.78 is 10.9. The number of halogens is 1. The van der Waals surface area contributed by atoms with Crippen LogP contribution in [0.15, 0.2) is 12.1 Å². The van der Waals surface area contributed by atoms with Crippen molar-refractivity contribution in [1.82, 2.24) is 0 Å². The molecule has 110 valence electrons. The molecule has 1 aliphatic heterocycles. The lowest BCUT2D eigenvalue weighted by Gasteiger charge is -2.27.